The largest absolute Gasteiger partial charge is 0.380 e. The van der Waals surface area contributed by atoms with Crippen LogP contribution in [0.25, 0.3) is 0 Å². The Hall–Kier alpha value is -1.88. The summed E-state index contributed by atoms with van der Waals surface area (Å²) < 4.78 is 0. The van der Waals surface area contributed by atoms with Crippen LogP contribution in [-0.4, -0.2) is 4.92 Å². The van der Waals surface area contributed by atoms with Crippen molar-refractivity contribution in [2.75, 3.05) is 5.32 Å². The Balaban J connectivity index is 2.08. The minimum Gasteiger partial charge on any atom is -0.380 e. The fourth-order valence-corrected chi connectivity index (χ4v) is 2.55. The first-order chi connectivity index (χ1) is 8.56. The minimum absolute atomic E-state index is 0.130. The maximum Gasteiger partial charge on any atom is 0.269 e. The second-order valence-corrected chi connectivity index (χ2v) is 5.49. The van der Waals surface area contributed by atoms with Crippen LogP contribution in [0.5, 0.6) is 0 Å². The number of benzene rings is 1. The zero-order chi connectivity index (χ0) is 13.1. The van der Waals surface area contributed by atoms with Gasteiger partial charge in [-0.25, -0.2) is 0 Å². The lowest BCUT2D eigenvalue weighted by atomic mass is 10.2. The molecule has 0 saturated heterocycles. The van der Waals surface area contributed by atoms with Gasteiger partial charge in [0.1, 0.15) is 0 Å². The van der Waals surface area contributed by atoms with E-state index in [0.717, 1.165) is 17.8 Å². The van der Waals surface area contributed by atoms with E-state index in [0.29, 0.717) is 0 Å². The topological polar surface area (TPSA) is 55.2 Å². The molecular weight excluding hydrogens is 248 g/mol. The molecule has 0 aliphatic heterocycles. The highest BCUT2D eigenvalue weighted by atomic mass is 32.1. The van der Waals surface area contributed by atoms with Crippen LogP contribution in [0.2, 0.25) is 0 Å². The summed E-state index contributed by atoms with van der Waals surface area (Å²) in [6.45, 7) is 4.69. The van der Waals surface area contributed by atoms with E-state index in [1.165, 1.54) is 15.8 Å². The molecule has 2 aromatic rings. The first kappa shape index (κ1) is 12.6. The highest BCUT2D eigenvalue weighted by molar-refractivity contribution is 7.11. The number of hydrogen-bond donors (Lipinski definition) is 1. The second-order valence-electron chi connectivity index (χ2n) is 4.12. The summed E-state index contributed by atoms with van der Waals surface area (Å²) in [7, 11) is 0. The third kappa shape index (κ3) is 2.87. The number of nitrogens with one attached hydrogen (secondary N) is 1. The van der Waals surface area contributed by atoms with E-state index < -0.39 is 0 Å². The van der Waals surface area contributed by atoms with Gasteiger partial charge in [0.2, 0.25) is 0 Å². The number of non-ortho nitro benzene ring substituents is 1. The van der Waals surface area contributed by atoms with E-state index in [2.05, 4.69) is 24.4 Å². The summed E-state index contributed by atoms with van der Waals surface area (Å²) in [6.07, 6.45) is 0. The number of nitro benzene ring substituents is 1. The van der Waals surface area contributed by atoms with Crippen LogP contribution >= 0.6 is 11.3 Å². The van der Waals surface area contributed by atoms with Crippen LogP contribution in [0.15, 0.2) is 30.3 Å². The van der Waals surface area contributed by atoms with Gasteiger partial charge in [-0.05, 0) is 37.6 Å². The van der Waals surface area contributed by atoms with Crippen molar-refractivity contribution in [2.24, 2.45) is 0 Å². The van der Waals surface area contributed by atoms with E-state index in [1.54, 1.807) is 23.5 Å². The van der Waals surface area contributed by atoms with Crippen molar-refractivity contribution in [3.05, 3.63) is 55.8 Å². The first-order valence-electron chi connectivity index (χ1n) is 5.60. The van der Waals surface area contributed by atoms with Gasteiger partial charge in [0.25, 0.3) is 5.69 Å². The van der Waals surface area contributed by atoms with Crippen molar-refractivity contribution in [3.8, 4) is 0 Å². The Morgan fingerprint density at radius 3 is 2.61 bits per heavy atom. The smallest absolute Gasteiger partial charge is 0.269 e. The normalized spacial score (nSPS) is 10.3. The maximum absolute atomic E-state index is 10.6. The average Bonchev–Trinajstić information content (AvgIpc) is 2.73. The van der Waals surface area contributed by atoms with Crippen molar-refractivity contribution in [3.63, 3.8) is 0 Å². The molecule has 0 spiro atoms. The molecule has 0 amide bonds. The second kappa shape index (κ2) is 5.18. The summed E-state index contributed by atoms with van der Waals surface area (Å²) in [6, 6.07) is 9.04. The van der Waals surface area contributed by atoms with Crippen LogP contribution in [0.3, 0.4) is 0 Å². The Labute approximate surface area is 109 Å². The zero-order valence-corrected chi connectivity index (χ0v) is 11.1. The van der Waals surface area contributed by atoms with Gasteiger partial charge in [-0.3, -0.25) is 10.1 Å². The molecule has 18 heavy (non-hydrogen) atoms. The molecular formula is C13H14N2O2S. The first-order valence-corrected chi connectivity index (χ1v) is 6.42. The summed E-state index contributed by atoms with van der Waals surface area (Å²) in [5.74, 6) is 0. The van der Waals surface area contributed by atoms with Crippen LogP contribution in [-0.2, 0) is 6.54 Å². The van der Waals surface area contributed by atoms with E-state index in [4.69, 9.17) is 0 Å². The summed E-state index contributed by atoms with van der Waals surface area (Å²) in [5, 5.41) is 13.9. The summed E-state index contributed by atoms with van der Waals surface area (Å²) >= 11 is 1.75. The zero-order valence-electron chi connectivity index (χ0n) is 10.3. The van der Waals surface area contributed by atoms with Crippen LogP contribution < -0.4 is 5.32 Å². The molecule has 0 saturated carbocycles. The van der Waals surface area contributed by atoms with Gasteiger partial charge in [0, 0.05) is 34.1 Å². The molecule has 1 heterocycles. The molecule has 0 fully saturated rings. The monoisotopic (exact) mass is 262 g/mol. The van der Waals surface area contributed by atoms with E-state index in [-0.39, 0.29) is 10.6 Å². The Kier molecular flexibility index (Phi) is 3.62. The van der Waals surface area contributed by atoms with Crippen LogP contribution in [0.4, 0.5) is 11.4 Å². The number of hydrogen-bond acceptors (Lipinski definition) is 4. The lowest BCUT2D eigenvalue weighted by Gasteiger charge is -2.08. The Bertz CT molecular complexity index is 578. The number of anilines is 1. The van der Waals surface area contributed by atoms with Crippen molar-refractivity contribution < 1.29 is 4.92 Å². The number of nitrogens with zero attached hydrogens (tertiary/aromatic N) is 1. The molecule has 0 aliphatic carbocycles. The van der Waals surface area contributed by atoms with Crippen LogP contribution in [0.1, 0.15) is 15.3 Å². The average molecular weight is 262 g/mol. The lowest BCUT2D eigenvalue weighted by Crippen LogP contribution is -2.00. The van der Waals surface area contributed by atoms with Gasteiger partial charge in [-0.15, -0.1) is 11.3 Å². The molecule has 4 nitrogen and oxygen atoms in total. The molecule has 1 aromatic carbocycles. The fourth-order valence-electron chi connectivity index (χ4n) is 1.72. The molecule has 5 heteroatoms. The van der Waals surface area contributed by atoms with Crippen molar-refractivity contribution >= 4 is 22.7 Å². The predicted octanol–water partition coefficient (Wildman–Crippen LogP) is 3.89. The molecule has 2 rings (SSSR count). The van der Waals surface area contributed by atoms with Gasteiger partial charge in [0.05, 0.1) is 4.92 Å². The molecule has 1 aromatic heterocycles. The van der Waals surface area contributed by atoms with Gasteiger partial charge >= 0.3 is 0 Å². The predicted molar refractivity (Wildman–Crippen MR) is 74.2 cm³/mol. The highest BCUT2D eigenvalue weighted by Crippen LogP contribution is 2.23. The summed E-state index contributed by atoms with van der Waals surface area (Å²) in [5.41, 5.74) is 1.95. The fraction of sp³-hybridized carbons (Fsp3) is 0.231. The quantitative estimate of drug-likeness (QED) is 0.672. The van der Waals surface area contributed by atoms with Crippen LogP contribution in [0, 0.1) is 24.0 Å². The lowest BCUT2D eigenvalue weighted by molar-refractivity contribution is -0.384. The van der Waals surface area contributed by atoms with Gasteiger partial charge in [0.15, 0.2) is 0 Å². The van der Waals surface area contributed by atoms with Crippen molar-refractivity contribution in [2.45, 2.75) is 20.4 Å². The van der Waals surface area contributed by atoms with E-state index in [9.17, 15) is 10.1 Å². The minimum atomic E-state index is -0.376. The number of nitro groups is 1. The summed E-state index contributed by atoms with van der Waals surface area (Å²) in [4.78, 5) is 12.8. The standard InChI is InChI=1S/C13H14N2O2S/c1-9-7-11(15(16)17)4-6-13(9)14-8-12-5-3-10(2)18-12/h3-7,14H,8H2,1-2H3. The molecule has 0 atom stereocenters. The number of thiophene rings is 1. The molecule has 0 unspecified atom stereocenters. The van der Waals surface area contributed by atoms with E-state index in [1.807, 2.05) is 6.92 Å². The Morgan fingerprint density at radius 2 is 2.06 bits per heavy atom. The van der Waals surface area contributed by atoms with Gasteiger partial charge < -0.3 is 5.32 Å². The van der Waals surface area contributed by atoms with Gasteiger partial charge in [-0.2, -0.15) is 0 Å². The molecule has 0 aliphatic rings. The SMILES string of the molecule is Cc1ccc(CNc2ccc([N+](=O)[O-])cc2C)s1. The number of rotatable bonds is 4. The van der Waals surface area contributed by atoms with Crippen molar-refractivity contribution in [1.29, 1.82) is 0 Å². The molecule has 94 valence electrons. The van der Waals surface area contributed by atoms with Crippen molar-refractivity contribution in [1.82, 2.24) is 0 Å². The molecule has 0 radical (unpaired) electrons. The third-order valence-corrected chi connectivity index (χ3v) is 3.67. The maximum atomic E-state index is 10.6. The third-order valence-electron chi connectivity index (χ3n) is 2.67. The number of aryl methyl sites for hydroxylation is 2. The van der Waals surface area contributed by atoms with Gasteiger partial charge in [-0.1, -0.05) is 0 Å². The Morgan fingerprint density at radius 1 is 1.28 bits per heavy atom. The van der Waals surface area contributed by atoms with E-state index >= 15 is 0 Å². The molecule has 0 bridgehead atoms. The molecule has 1 N–H and O–H groups in total. The highest BCUT2D eigenvalue weighted by Gasteiger charge is 2.07.